The minimum atomic E-state index is -0.383. The van der Waals surface area contributed by atoms with Crippen molar-refractivity contribution in [2.75, 3.05) is 0 Å². The molecule has 0 saturated heterocycles. The fraction of sp³-hybridized carbons (Fsp3) is 0.444. The van der Waals surface area contributed by atoms with Crippen molar-refractivity contribution in [1.82, 2.24) is 5.32 Å². The first-order chi connectivity index (χ1) is 5.86. The van der Waals surface area contributed by atoms with E-state index in [0.717, 1.165) is 25.0 Å². The standard InChI is InChI=1S/C9H12N2O/c12-9-2-1-7-3-5-10-6-4-8(7)11-9/h4-6,9,11-12H,1-3H2. The molecular weight excluding hydrogens is 152 g/mol. The Hall–Kier alpha value is -1.09. The molecule has 2 heterocycles. The van der Waals surface area contributed by atoms with Gasteiger partial charge in [-0.15, -0.1) is 0 Å². The zero-order valence-electron chi connectivity index (χ0n) is 6.83. The zero-order chi connectivity index (χ0) is 8.39. The number of aliphatic hydroxyl groups is 1. The maximum Gasteiger partial charge on any atom is 0.124 e. The largest absolute Gasteiger partial charge is 0.374 e. The molecule has 1 atom stereocenters. The Labute approximate surface area is 71.5 Å². The highest BCUT2D eigenvalue weighted by Crippen LogP contribution is 2.21. The molecule has 0 aromatic heterocycles. The molecule has 2 aliphatic rings. The van der Waals surface area contributed by atoms with E-state index < -0.39 is 0 Å². The van der Waals surface area contributed by atoms with E-state index in [1.807, 2.05) is 12.3 Å². The quantitative estimate of drug-likeness (QED) is 0.559. The third-order valence-corrected chi connectivity index (χ3v) is 2.19. The van der Waals surface area contributed by atoms with Gasteiger partial charge in [0.05, 0.1) is 0 Å². The van der Waals surface area contributed by atoms with Gasteiger partial charge in [0.25, 0.3) is 0 Å². The highest BCUT2D eigenvalue weighted by atomic mass is 16.3. The molecule has 3 heteroatoms. The topological polar surface area (TPSA) is 44.6 Å². The van der Waals surface area contributed by atoms with Crippen LogP contribution in [0.3, 0.4) is 0 Å². The van der Waals surface area contributed by atoms with Crippen LogP contribution in [0.1, 0.15) is 19.3 Å². The Morgan fingerprint density at radius 3 is 3.42 bits per heavy atom. The van der Waals surface area contributed by atoms with Crippen molar-refractivity contribution in [2.45, 2.75) is 25.5 Å². The van der Waals surface area contributed by atoms with Crippen molar-refractivity contribution in [3.63, 3.8) is 0 Å². The van der Waals surface area contributed by atoms with Crippen molar-refractivity contribution in [3.05, 3.63) is 23.5 Å². The van der Waals surface area contributed by atoms with E-state index >= 15 is 0 Å². The number of aliphatic hydroxyl groups excluding tert-OH is 1. The number of aliphatic imine (C=N–C) groups is 1. The summed E-state index contributed by atoms with van der Waals surface area (Å²) < 4.78 is 0. The van der Waals surface area contributed by atoms with Gasteiger partial charge in [0.1, 0.15) is 6.23 Å². The average Bonchev–Trinajstić information content (AvgIpc) is 2.28. The van der Waals surface area contributed by atoms with Gasteiger partial charge in [0, 0.05) is 24.5 Å². The summed E-state index contributed by atoms with van der Waals surface area (Å²) in [7, 11) is 0. The molecule has 0 fully saturated rings. The lowest BCUT2D eigenvalue weighted by atomic mass is 10.0. The van der Waals surface area contributed by atoms with E-state index in [0.29, 0.717) is 0 Å². The Bertz CT molecular complexity index is 266. The molecule has 0 aromatic rings. The molecule has 64 valence electrons. The van der Waals surface area contributed by atoms with Gasteiger partial charge in [-0.25, -0.2) is 0 Å². The lowest BCUT2D eigenvalue weighted by molar-refractivity contribution is 0.133. The summed E-state index contributed by atoms with van der Waals surface area (Å²) >= 11 is 0. The fourth-order valence-electron chi connectivity index (χ4n) is 1.52. The number of rotatable bonds is 0. The second-order valence-electron chi connectivity index (χ2n) is 3.07. The molecule has 0 aliphatic carbocycles. The van der Waals surface area contributed by atoms with Crippen molar-refractivity contribution >= 4 is 6.21 Å². The van der Waals surface area contributed by atoms with Crippen LogP contribution in [-0.2, 0) is 0 Å². The summed E-state index contributed by atoms with van der Waals surface area (Å²) in [5.74, 6) is 0. The Morgan fingerprint density at radius 2 is 2.50 bits per heavy atom. The molecule has 0 spiro atoms. The number of hydrogen-bond acceptors (Lipinski definition) is 3. The molecule has 0 bridgehead atoms. The zero-order valence-corrected chi connectivity index (χ0v) is 6.83. The van der Waals surface area contributed by atoms with Crippen molar-refractivity contribution in [1.29, 1.82) is 0 Å². The molecule has 0 amide bonds. The highest BCUT2D eigenvalue weighted by molar-refractivity contribution is 5.64. The van der Waals surface area contributed by atoms with Gasteiger partial charge in [-0.05, 0) is 24.5 Å². The third kappa shape index (κ3) is 1.41. The summed E-state index contributed by atoms with van der Waals surface area (Å²) in [5.41, 5.74) is 2.39. The maximum absolute atomic E-state index is 9.32. The van der Waals surface area contributed by atoms with E-state index in [1.165, 1.54) is 5.57 Å². The molecule has 1 unspecified atom stereocenters. The van der Waals surface area contributed by atoms with Crippen LogP contribution < -0.4 is 5.32 Å². The second-order valence-corrected chi connectivity index (χ2v) is 3.07. The molecule has 3 nitrogen and oxygen atoms in total. The summed E-state index contributed by atoms with van der Waals surface area (Å²) in [5, 5.41) is 12.3. The molecule has 0 aromatic carbocycles. The van der Waals surface area contributed by atoms with E-state index in [1.54, 1.807) is 6.20 Å². The molecular formula is C9H12N2O. The van der Waals surface area contributed by atoms with Gasteiger partial charge in [-0.1, -0.05) is 0 Å². The average molecular weight is 164 g/mol. The van der Waals surface area contributed by atoms with Crippen LogP contribution in [0.2, 0.25) is 0 Å². The smallest absolute Gasteiger partial charge is 0.124 e. The minimum Gasteiger partial charge on any atom is -0.374 e. The summed E-state index contributed by atoms with van der Waals surface area (Å²) in [6.07, 6.45) is 7.88. The third-order valence-electron chi connectivity index (χ3n) is 2.19. The van der Waals surface area contributed by atoms with Gasteiger partial charge in [-0.2, -0.15) is 0 Å². The molecule has 2 N–H and O–H groups in total. The number of nitrogens with zero attached hydrogens (tertiary/aromatic N) is 1. The van der Waals surface area contributed by atoms with E-state index in [-0.39, 0.29) is 6.23 Å². The van der Waals surface area contributed by atoms with Crippen LogP contribution in [0.5, 0.6) is 0 Å². The number of hydrogen-bond donors (Lipinski definition) is 2. The number of nitrogens with one attached hydrogen (secondary N) is 1. The first kappa shape index (κ1) is 7.55. The van der Waals surface area contributed by atoms with Crippen molar-refractivity contribution in [2.24, 2.45) is 4.99 Å². The van der Waals surface area contributed by atoms with Crippen LogP contribution in [0, 0.1) is 0 Å². The Kier molecular flexibility index (Phi) is 1.96. The Morgan fingerprint density at radius 1 is 1.58 bits per heavy atom. The predicted molar refractivity (Wildman–Crippen MR) is 47.7 cm³/mol. The van der Waals surface area contributed by atoms with Crippen LogP contribution in [0.15, 0.2) is 28.5 Å². The van der Waals surface area contributed by atoms with Crippen molar-refractivity contribution < 1.29 is 5.11 Å². The Balaban J connectivity index is 2.23. The summed E-state index contributed by atoms with van der Waals surface area (Å²) in [6, 6.07) is 0. The van der Waals surface area contributed by atoms with Gasteiger partial charge in [-0.3, -0.25) is 4.99 Å². The lowest BCUT2D eigenvalue weighted by Gasteiger charge is -2.23. The highest BCUT2D eigenvalue weighted by Gasteiger charge is 2.16. The van der Waals surface area contributed by atoms with Crippen LogP contribution in [0.4, 0.5) is 0 Å². The first-order valence-corrected chi connectivity index (χ1v) is 4.21. The van der Waals surface area contributed by atoms with Crippen LogP contribution in [0.25, 0.3) is 0 Å². The van der Waals surface area contributed by atoms with E-state index in [9.17, 15) is 5.11 Å². The predicted octanol–water partition coefficient (Wildman–Crippen LogP) is 0.930. The van der Waals surface area contributed by atoms with Gasteiger partial charge >= 0.3 is 0 Å². The van der Waals surface area contributed by atoms with E-state index in [4.69, 9.17) is 0 Å². The summed E-state index contributed by atoms with van der Waals surface area (Å²) in [6.45, 7) is 0. The van der Waals surface area contributed by atoms with Gasteiger partial charge in [0.2, 0.25) is 0 Å². The summed E-state index contributed by atoms with van der Waals surface area (Å²) in [4.78, 5) is 4.05. The number of allylic oxidation sites excluding steroid dienone is 2. The minimum absolute atomic E-state index is 0.383. The molecule has 2 rings (SSSR count). The first-order valence-electron chi connectivity index (χ1n) is 4.21. The normalized spacial score (nSPS) is 27.9. The molecule has 2 aliphatic heterocycles. The van der Waals surface area contributed by atoms with Crippen LogP contribution >= 0.6 is 0 Å². The van der Waals surface area contributed by atoms with Crippen molar-refractivity contribution in [3.8, 4) is 0 Å². The monoisotopic (exact) mass is 164 g/mol. The lowest BCUT2D eigenvalue weighted by Crippen LogP contribution is -2.31. The van der Waals surface area contributed by atoms with E-state index in [2.05, 4.69) is 10.3 Å². The second kappa shape index (κ2) is 3.11. The van der Waals surface area contributed by atoms with Gasteiger partial charge < -0.3 is 10.4 Å². The molecule has 0 radical (unpaired) electrons. The maximum atomic E-state index is 9.32. The van der Waals surface area contributed by atoms with Crippen LogP contribution in [-0.4, -0.2) is 17.5 Å². The molecule has 0 saturated carbocycles. The fourth-order valence-corrected chi connectivity index (χ4v) is 1.52. The molecule has 12 heavy (non-hydrogen) atoms. The van der Waals surface area contributed by atoms with Gasteiger partial charge in [0.15, 0.2) is 0 Å². The SMILES string of the molecule is OC1CCC2=C(C=CN=CC2)N1.